The quantitative estimate of drug-likeness (QED) is 0.597. The molecule has 1 aromatic heterocycles. The molecule has 1 saturated heterocycles. The van der Waals surface area contributed by atoms with E-state index in [0.29, 0.717) is 24.2 Å². The summed E-state index contributed by atoms with van der Waals surface area (Å²) >= 11 is 0. The SMILES string of the molecule is CN1C(=O)CC[C@@]2(C)C1=CCC1C2CC[C@]2(C)C(c3cncc(C(F)F)c3)=CCC12. The molecule has 1 aliphatic heterocycles. The number of hydrogen-bond acceptors (Lipinski definition) is 2. The zero-order valence-electron chi connectivity index (χ0n) is 18.0. The van der Waals surface area contributed by atoms with E-state index in [9.17, 15) is 13.6 Å². The molecule has 0 radical (unpaired) electrons. The molecule has 5 rings (SSSR count). The standard InChI is InChI=1S/C25H30F2N2O/c1-24-10-8-20-17(4-7-21-25(20,2)11-9-22(30)29(21)3)19(24)6-5-18(24)15-12-16(23(26)27)14-28-13-15/h5,7,12-14,17,19-20,23H,4,6,8-11H2,1-3H3/t17?,19?,20?,24-,25-/m1/s1. The third kappa shape index (κ3) is 2.66. The number of carbonyl (C=O) groups is 1. The average molecular weight is 413 g/mol. The zero-order chi connectivity index (χ0) is 21.3. The second kappa shape index (κ2) is 6.73. The number of halogens is 2. The fourth-order valence-electron chi connectivity index (χ4n) is 7.32. The van der Waals surface area contributed by atoms with E-state index in [1.54, 1.807) is 12.3 Å². The van der Waals surface area contributed by atoms with Gasteiger partial charge >= 0.3 is 0 Å². The number of fused-ring (bicyclic) bond motifs is 5. The highest BCUT2D eigenvalue weighted by molar-refractivity contribution is 5.79. The van der Waals surface area contributed by atoms with Crippen molar-refractivity contribution in [2.24, 2.45) is 28.6 Å². The van der Waals surface area contributed by atoms with Gasteiger partial charge in [0, 0.05) is 42.5 Å². The van der Waals surface area contributed by atoms with Gasteiger partial charge in [-0.15, -0.1) is 0 Å². The van der Waals surface area contributed by atoms with Gasteiger partial charge in [-0.25, -0.2) is 8.78 Å². The van der Waals surface area contributed by atoms with Crippen LogP contribution in [0.25, 0.3) is 5.57 Å². The molecular weight excluding hydrogens is 382 g/mol. The molecule has 4 aliphatic rings. The van der Waals surface area contributed by atoms with Gasteiger partial charge in [0.05, 0.1) is 0 Å². The van der Waals surface area contributed by atoms with E-state index in [-0.39, 0.29) is 22.3 Å². The third-order valence-corrected chi connectivity index (χ3v) is 8.92. The zero-order valence-corrected chi connectivity index (χ0v) is 18.0. The number of amides is 1. The molecule has 5 atom stereocenters. The molecule has 160 valence electrons. The first kappa shape index (κ1) is 19.9. The summed E-state index contributed by atoms with van der Waals surface area (Å²) in [6.45, 7) is 4.69. The molecule has 30 heavy (non-hydrogen) atoms. The monoisotopic (exact) mass is 412 g/mol. The summed E-state index contributed by atoms with van der Waals surface area (Å²) < 4.78 is 26.5. The topological polar surface area (TPSA) is 33.2 Å². The number of hydrogen-bond donors (Lipinski definition) is 0. The summed E-state index contributed by atoms with van der Waals surface area (Å²) in [6, 6.07) is 1.63. The van der Waals surface area contributed by atoms with Crippen LogP contribution in [0.5, 0.6) is 0 Å². The van der Waals surface area contributed by atoms with Crippen molar-refractivity contribution in [2.75, 3.05) is 7.05 Å². The number of allylic oxidation sites excluding steroid dienone is 4. The number of carbonyl (C=O) groups excluding carboxylic acids is 1. The number of piperidine rings is 1. The summed E-state index contributed by atoms with van der Waals surface area (Å²) in [6.07, 6.45) is 10.9. The summed E-state index contributed by atoms with van der Waals surface area (Å²) in [5.74, 6) is 1.89. The van der Waals surface area contributed by atoms with Crippen molar-refractivity contribution in [1.82, 2.24) is 9.88 Å². The molecule has 1 amide bonds. The Hall–Kier alpha value is -2.04. The van der Waals surface area contributed by atoms with Gasteiger partial charge < -0.3 is 4.90 Å². The van der Waals surface area contributed by atoms with Gasteiger partial charge in [0.15, 0.2) is 0 Å². The second-order valence-corrected chi connectivity index (χ2v) is 10.2. The van der Waals surface area contributed by atoms with Crippen LogP contribution in [0.3, 0.4) is 0 Å². The van der Waals surface area contributed by atoms with Crippen LogP contribution in [0.2, 0.25) is 0 Å². The maximum Gasteiger partial charge on any atom is 0.265 e. The highest BCUT2D eigenvalue weighted by atomic mass is 19.3. The molecule has 1 saturated carbocycles. The Morgan fingerprint density at radius 3 is 2.67 bits per heavy atom. The van der Waals surface area contributed by atoms with Crippen LogP contribution in [0.1, 0.15) is 69.9 Å². The van der Waals surface area contributed by atoms with Crippen molar-refractivity contribution in [3.05, 3.63) is 47.4 Å². The third-order valence-electron chi connectivity index (χ3n) is 8.92. The lowest BCUT2D eigenvalue weighted by atomic mass is 9.49. The lowest BCUT2D eigenvalue weighted by Crippen LogP contribution is -2.53. The Kier molecular flexibility index (Phi) is 4.46. The van der Waals surface area contributed by atoms with Crippen molar-refractivity contribution >= 4 is 11.5 Å². The van der Waals surface area contributed by atoms with E-state index >= 15 is 0 Å². The molecule has 0 bridgehead atoms. The smallest absolute Gasteiger partial charge is 0.265 e. The maximum absolute atomic E-state index is 13.2. The Morgan fingerprint density at radius 1 is 1.10 bits per heavy atom. The lowest BCUT2D eigenvalue weighted by Gasteiger charge is -2.58. The first-order valence-corrected chi connectivity index (χ1v) is 11.2. The van der Waals surface area contributed by atoms with Crippen LogP contribution in [0, 0.1) is 28.6 Å². The Balaban J connectivity index is 1.47. The number of alkyl halides is 2. The Bertz CT molecular complexity index is 954. The highest BCUT2D eigenvalue weighted by Crippen LogP contribution is 2.66. The molecular formula is C25H30F2N2O. The highest BCUT2D eigenvalue weighted by Gasteiger charge is 2.57. The molecule has 2 fully saturated rings. The van der Waals surface area contributed by atoms with Crippen molar-refractivity contribution in [2.45, 2.75) is 58.8 Å². The van der Waals surface area contributed by atoms with E-state index in [1.165, 1.54) is 17.5 Å². The summed E-state index contributed by atoms with van der Waals surface area (Å²) in [7, 11) is 1.93. The van der Waals surface area contributed by atoms with Crippen LogP contribution in [-0.2, 0) is 4.79 Å². The summed E-state index contributed by atoms with van der Waals surface area (Å²) in [5, 5.41) is 0. The Labute approximate surface area is 177 Å². The fraction of sp³-hybridized carbons (Fsp3) is 0.600. The number of pyridine rings is 1. The van der Waals surface area contributed by atoms with Gasteiger partial charge in [-0.05, 0) is 72.5 Å². The van der Waals surface area contributed by atoms with Gasteiger partial charge in [0.1, 0.15) is 0 Å². The van der Waals surface area contributed by atoms with E-state index in [4.69, 9.17) is 0 Å². The predicted molar refractivity (Wildman–Crippen MR) is 112 cm³/mol. The molecule has 5 heteroatoms. The van der Waals surface area contributed by atoms with Gasteiger partial charge in [0.25, 0.3) is 6.43 Å². The van der Waals surface area contributed by atoms with Crippen LogP contribution in [0.15, 0.2) is 36.3 Å². The van der Waals surface area contributed by atoms with Gasteiger partial charge in [-0.1, -0.05) is 26.0 Å². The minimum Gasteiger partial charge on any atom is -0.319 e. The van der Waals surface area contributed by atoms with Crippen molar-refractivity contribution in [3.63, 3.8) is 0 Å². The number of nitrogens with zero attached hydrogens (tertiary/aromatic N) is 2. The lowest BCUT2D eigenvalue weighted by molar-refractivity contribution is -0.135. The van der Waals surface area contributed by atoms with E-state index < -0.39 is 6.43 Å². The normalized spacial score (nSPS) is 38.0. The van der Waals surface area contributed by atoms with E-state index in [1.807, 2.05) is 11.9 Å². The Morgan fingerprint density at radius 2 is 1.90 bits per heavy atom. The molecule has 0 aromatic carbocycles. The number of likely N-dealkylation sites (tertiary alicyclic amines) is 1. The minimum atomic E-state index is -2.49. The van der Waals surface area contributed by atoms with Crippen LogP contribution in [-0.4, -0.2) is 22.8 Å². The van der Waals surface area contributed by atoms with Crippen LogP contribution < -0.4 is 0 Å². The molecule has 3 unspecified atom stereocenters. The molecule has 3 aliphatic carbocycles. The summed E-state index contributed by atoms with van der Waals surface area (Å²) in [5.41, 5.74) is 3.36. The minimum absolute atomic E-state index is 0.00167. The number of aromatic nitrogens is 1. The van der Waals surface area contributed by atoms with Gasteiger partial charge in [-0.2, -0.15) is 0 Å². The molecule has 0 N–H and O–H groups in total. The molecule has 0 spiro atoms. The van der Waals surface area contributed by atoms with Gasteiger partial charge in [0.2, 0.25) is 5.91 Å². The van der Waals surface area contributed by atoms with E-state index in [0.717, 1.165) is 37.7 Å². The summed E-state index contributed by atoms with van der Waals surface area (Å²) in [4.78, 5) is 18.3. The average Bonchev–Trinajstić information content (AvgIpc) is 3.08. The molecule has 2 heterocycles. The first-order chi connectivity index (χ1) is 14.3. The number of rotatable bonds is 2. The van der Waals surface area contributed by atoms with Crippen LogP contribution in [0.4, 0.5) is 8.78 Å². The molecule has 3 nitrogen and oxygen atoms in total. The van der Waals surface area contributed by atoms with E-state index in [2.05, 4.69) is 31.0 Å². The van der Waals surface area contributed by atoms with Crippen LogP contribution >= 0.6 is 0 Å². The van der Waals surface area contributed by atoms with Crippen molar-refractivity contribution < 1.29 is 13.6 Å². The van der Waals surface area contributed by atoms with Crippen molar-refractivity contribution in [3.8, 4) is 0 Å². The fourth-order valence-corrected chi connectivity index (χ4v) is 7.32. The largest absolute Gasteiger partial charge is 0.319 e. The first-order valence-electron chi connectivity index (χ1n) is 11.2. The molecule has 1 aromatic rings. The maximum atomic E-state index is 13.2. The second-order valence-electron chi connectivity index (χ2n) is 10.2. The van der Waals surface area contributed by atoms with Gasteiger partial charge in [-0.3, -0.25) is 9.78 Å². The predicted octanol–water partition coefficient (Wildman–Crippen LogP) is 6.00. The van der Waals surface area contributed by atoms with Crippen molar-refractivity contribution in [1.29, 1.82) is 0 Å².